The van der Waals surface area contributed by atoms with Gasteiger partial charge in [-0.05, 0) is 19.1 Å². The highest BCUT2D eigenvalue weighted by Gasteiger charge is 2.52. The summed E-state index contributed by atoms with van der Waals surface area (Å²) in [6.45, 7) is 5.51. The molecule has 12 nitrogen and oxygen atoms in total. The van der Waals surface area contributed by atoms with Crippen molar-refractivity contribution in [2.45, 2.75) is 70.2 Å². The van der Waals surface area contributed by atoms with E-state index in [0.29, 0.717) is 0 Å². The molecular formula is C21H27NO11S. The van der Waals surface area contributed by atoms with Gasteiger partial charge in [0.2, 0.25) is 12.2 Å². The zero-order valence-corrected chi connectivity index (χ0v) is 20.1. The lowest BCUT2D eigenvalue weighted by Gasteiger charge is -2.44. The maximum Gasteiger partial charge on any atom is 0.305 e. The second-order valence-electron chi connectivity index (χ2n) is 7.58. The average molecular weight is 502 g/mol. The molecule has 34 heavy (non-hydrogen) atoms. The third-order valence-corrected chi connectivity index (χ3v) is 5.90. The first kappa shape index (κ1) is 27.2. The van der Waals surface area contributed by atoms with Crippen LogP contribution in [0.15, 0.2) is 29.2 Å². The number of carbonyl (C=O) groups excluding carboxylic acids is 4. The summed E-state index contributed by atoms with van der Waals surface area (Å²) in [6.07, 6.45) is -5.66. The van der Waals surface area contributed by atoms with Crippen molar-refractivity contribution in [3.63, 3.8) is 0 Å². The Bertz CT molecular complexity index is 1020. The first-order valence-corrected chi connectivity index (χ1v) is 11.6. The van der Waals surface area contributed by atoms with Crippen LogP contribution in [0.25, 0.3) is 0 Å². The van der Waals surface area contributed by atoms with Crippen LogP contribution in [0, 0.1) is 6.92 Å². The molecule has 5 atom stereocenters. The summed E-state index contributed by atoms with van der Waals surface area (Å²) in [5.74, 6) is -2.97. The summed E-state index contributed by atoms with van der Waals surface area (Å²) >= 11 is 0. The van der Waals surface area contributed by atoms with Crippen LogP contribution < -0.4 is 5.32 Å². The molecular weight excluding hydrogens is 474 g/mol. The monoisotopic (exact) mass is 501 g/mol. The van der Waals surface area contributed by atoms with Crippen LogP contribution in [0.4, 0.5) is 0 Å². The van der Waals surface area contributed by atoms with Gasteiger partial charge in [0.15, 0.2) is 12.2 Å². The highest BCUT2D eigenvalue weighted by atomic mass is 32.2. The molecule has 1 fully saturated rings. The van der Waals surface area contributed by atoms with Gasteiger partial charge in [-0.25, -0.2) is 0 Å². The Hall–Kier alpha value is -3.03. The number of ether oxygens (including phenoxy) is 4. The van der Waals surface area contributed by atoms with Crippen molar-refractivity contribution in [3.8, 4) is 0 Å². The van der Waals surface area contributed by atoms with Crippen molar-refractivity contribution in [3.05, 3.63) is 29.8 Å². The highest BCUT2D eigenvalue weighted by Crippen LogP contribution is 2.28. The van der Waals surface area contributed by atoms with E-state index in [2.05, 4.69) is 5.32 Å². The molecule has 0 radical (unpaired) electrons. The minimum Gasteiger partial charge on any atom is -0.456 e. The minimum absolute atomic E-state index is 0.123. The van der Waals surface area contributed by atoms with Gasteiger partial charge in [-0.15, -0.1) is 0 Å². The number of rotatable bonds is 8. The molecule has 188 valence electrons. The molecule has 1 heterocycles. The number of hydrogen-bond donors (Lipinski definition) is 1. The van der Waals surface area contributed by atoms with Gasteiger partial charge >= 0.3 is 17.9 Å². The van der Waals surface area contributed by atoms with Crippen LogP contribution in [0.2, 0.25) is 0 Å². The Morgan fingerprint density at radius 2 is 1.41 bits per heavy atom. The van der Waals surface area contributed by atoms with E-state index >= 15 is 0 Å². The predicted molar refractivity (Wildman–Crippen MR) is 113 cm³/mol. The molecule has 0 bridgehead atoms. The van der Waals surface area contributed by atoms with E-state index in [9.17, 15) is 27.6 Å². The van der Waals surface area contributed by atoms with Crippen LogP contribution in [-0.4, -0.2) is 69.5 Å². The van der Waals surface area contributed by atoms with E-state index in [1.807, 2.05) is 0 Å². The van der Waals surface area contributed by atoms with Gasteiger partial charge < -0.3 is 24.3 Å². The zero-order valence-electron chi connectivity index (χ0n) is 19.3. The largest absolute Gasteiger partial charge is 0.456 e. The fourth-order valence-electron chi connectivity index (χ4n) is 3.29. The summed E-state index contributed by atoms with van der Waals surface area (Å²) in [4.78, 5) is 46.8. The molecule has 0 saturated carbocycles. The number of esters is 3. The molecule has 0 aliphatic carbocycles. The molecule has 0 spiro atoms. The van der Waals surface area contributed by atoms with Crippen molar-refractivity contribution < 1.29 is 50.7 Å². The lowest BCUT2D eigenvalue weighted by molar-refractivity contribution is -0.268. The number of hydrogen-bond acceptors (Lipinski definition) is 11. The maximum atomic E-state index is 12.6. The molecule has 0 aromatic heterocycles. The summed E-state index contributed by atoms with van der Waals surface area (Å²) < 4.78 is 51.7. The number of amides is 1. The maximum absolute atomic E-state index is 12.6. The quantitative estimate of drug-likeness (QED) is 0.297. The molecule has 2 rings (SSSR count). The summed E-state index contributed by atoms with van der Waals surface area (Å²) in [7, 11) is -4.25. The molecule has 13 heteroatoms. The Labute approximate surface area is 196 Å². The molecule has 1 aromatic carbocycles. The average Bonchev–Trinajstić information content (AvgIpc) is 2.70. The van der Waals surface area contributed by atoms with E-state index in [1.54, 1.807) is 19.1 Å². The topological polar surface area (TPSA) is 161 Å². The number of benzene rings is 1. The van der Waals surface area contributed by atoms with Crippen LogP contribution in [0.5, 0.6) is 0 Å². The second-order valence-corrected chi connectivity index (χ2v) is 9.19. The fourth-order valence-corrected chi connectivity index (χ4v) is 4.20. The minimum atomic E-state index is -4.25. The molecule has 1 aliphatic rings. The zero-order chi connectivity index (χ0) is 25.6. The molecule has 1 amide bonds. The number of aryl methyl sites for hydroxylation is 1. The van der Waals surface area contributed by atoms with E-state index in [4.69, 9.17) is 23.1 Å². The molecule has 1 unspecified atom stereocenters. The third-order valence-electron chi connectivity index (χ3n) is 4.60. The SMILES string of the molecule is CC(=O)N[C@H]1C(OC(C)=O)O[C@H](COS(=O)(=O)c2ccc(C)cc2)[C@H](OC(C)=O)[C@@H]1OC(C)=O. The van der Waals surface area contributed by atoms with Crippen LogP contribution >= 0.6 is 0 Å². The summed E-state index contributed by atoms with van der Waals surface area (Å²) in [6, 6.07) is 4.61. The van der Waals surface area contributed by atoms with E-state index in [0.717, 1.165) is 26.3 Å². The Morgan fingerprint density at radius 3 is 1.91 bits per heavy atom. The molecule has 1 saturated heterocycles. The van der Waals surface area contributed by atoms with Crippen molar-refractivity contribution in [1.82, 2.24) is 5.32 Å². The van der Waals surface area contributed by atoms with Gasteiger partial charge in [-0.3, -0.25) is 23.4 Å². The number of nitrogens with one attached hydrogen (secondary N) is 1. The van der Waals surface area contributed by atoms with Crippen LogP contribution in [0.3, 0.4) is 0 Å². The van der Waals surface area contributed by atoms with Gasteiger partial charge in [-0.1, -0.05) is 17.7 Å². The second kappa shape index (κ2) is 11.4. The van der Waals surface area contributed by atoms with Gasteiger partial charge in [0, 0.05) is 27.7 Å². The number of carbonyl (C=O) groups is 4. The summed E-state index contributed by atoms with van der Waals surface area (Å²) in [5.41, 5.74) is 0.835. The van der Waals surface area contributed by atoms with Crippen LogP contribution in [-0.2, 0) is 52.4 Å². The van der Waals surface area contributed by atoms with Crippen molar-refractivity contribution in [2.75, 3.05) is 6.61 Å². The third kappa shape index (κ3) is 7.50. The van der Waals surface area contributed by atoms with E-state index in [1.165, 1.54) is 19.1 Å². The molecule has 1 aromatic rings. The first-order chi connectivity index (χ1) is 15.8. The first-order valence-electron chi connectivity index (χ1n) is 10.2. The lowest BCUT2D eigenvalue weighted by atomic mass is 9.96. The van der Waals surface area contributed by atoms with Gasteiger partial charge in [0.1, 0.15) is 12.1 Å². The Balaban J connectivity index is 2.40. The smallest absolute Gasteiger partial charge is 0.305 e. The Kier molecular flexibility index (Phi) is 9.13. The van der Waals surface area contributed by atoms with Crippen molar-refractivity contribution in [1.29, 1.82) is 0 Å². The lowest BCUT2D eigenvalue weighted by Crippen LogP contribution is -2.66. The van der Waals surface area contributed by atoms with Gasteiger partial charge in [0.05, 0.1) is 11.5 Å². The normalized spacial score (nSPS) is 24.6. The van der Waals surface area contributed by atoms with E-state index in [-0.39, 0.29) is 4.90 Å². The van der Waals surface area contributed by atoms with Crippen molar-refractivity contribution in [2.24, 2.45) is 0 Å². The van der Waals surface area contributed by atoms with E-state index < -0.39 is 71.2 Å². The molecule has 1 aliphatic heterocycles. The predicted octanol–water partition coefficient (Wildman–Crippen LogP) is 0.356. The Morgan fingerprint density at radius 1 is 0.882 bits per heavy atom. The van der Waals surface area contributed by atoms with Gasteiger partial charge in [0.25, 0.3) is 10.1 Å². The van der Waals surface area contributed by atoms with Crippen molar-refractivity contribution >= 4 is 33.9 Å². The molecule has 1 N–H and O–H groups in total. The van der Waals surface area contributed by atoms with Crippen LogP contribution in [0.1, 0.15) is 33.3 Å². The highest BCUT2D eigenvalue weighted by molar-refractivity contribution is 7.86. The summed E-state index contributed by atoms with van der Waals surface area (Å²) in [5, 5.41) is 2.45. The standard InChI is InChI=1S/C21H27NO11S/c1-11-6-8-16(9-7-11)34(27,28)29-10-17-19(30-13(3)24)20(31-14(4)25)18(22-12(2)23)21(33-17)32-15(5)26/h6-9,17-21H,10H2,1-5H3,(H,22,23)/t17-,18-,19+,20-,21?/m1/s1. The fraction of sp³-hybridized carbons (Fsp3) is 0.524. The van der Waals surface area contributed by atoms with Gasteiger partial charge in [-0.2, -0.15) is 8.42 Å².